The molecule has 0 spiro atoms. The van der Waals surface area contributed by atoms with Crippen LogP contribution in [-0.4, -0.2) is 29.1 Å². The molecular formula is C24H20Cl2N4O5. The number of carbonyl (C=O) groups excluding carboxylic acids is 2. The van der Waals surface area contributed by atoms with Crippen LogP contribution >= 0.6 is 23.2 Å². The van der Waals surface area contributed by atoms with Crippen molar-refractivity contribution in [2.24, 2.45) is 5.10 Å². The molecule has 0 aliphatic carbocycles. The summed E-state index contributed by atoms with van der Waals surface area (Å²) in [6, 6.07) is 15.6. The Hall–Kier alpha value is -3.95. The minimum atomic E-state index is -0.510. The minimum Gasteiger partial charge on any atom is -0.482 e. The third kappa shape index (κ3) is 7.02. The summed E-state index contributed by atoms with van der Waals surface area (Å²) < 4.78 is 5.43. The monoisotopic (exact) mass is 514 g/mol. The van der Waals surface area contributed by atoms with E-state index in [1.54, 1.807) is 50.2 Å². The lowest BCUT2D eigenvalue weighted by Gasteiger charge is -2.10. The normalized spacial score (nSPS) is 11.0. The van der Waals surface area contributed by atoms with Crippen LogP contribution in [0.1, 0.15) is 28.4 Å². The van der Waals surface area contributed by atoms with Crippen molar-refractivity contribution in [3.05, 3.63) is 97.5 Å². The molecule has 0 saturated carbocycles. The second kappa shape index (κ2) is 11.5. The predicted octanol–water partition coefficient (Wildman–Crippen LogP) is 5.38. The molecule has 3 rings (SSSR count). The van der Waals surface area contributed by atoms with E-state index in [4.69, 9.17) is 27.9 Å². The lowest BCUT2D eigenvalue weighted by molar-refractivity contribution is -0.385. The Morgan fingerprint density at radius 1 is 1.06 bits per heavy atom. The van der Waals surface area contributed by atoms with Crippen molar-refractivity contribution in [2.75, 3.05) is 11.9 Å². The van der Waals surface area contributed by atoms with Gasteiger partial charge >= 0.3 is 0 Å². The van der Waals surface area contributed by atoms with Gasteiger partial charge in [0, 0.05) is 27.9 Å². The van der Waals surface area contributed by atoms with E-state index >= 15 is 0 Å². The van der Waals surface area contributed by atoms with E-state index in [0.29, 0.717) is 38.3 Å². The molecule has 0 atom stereocenters. The lowest BCUT2D eigenvalue weighted by atomic mass is 10.1. The number of hydrogen-bond donors (Lipinski definition) is 2. The molecule has 0 fully saturated rings. The van der Waals surface area contributed by atoms with E-state index in [1.165, 1.54) is 24.3 Å². The van der Waals surface area contributed by atoms with E-state index in [9.17, 15) is 19.7 Å². The summed E-state index contributed by atoms with van der Waals surface area (Å²) >= 11 is 11.9. The lowest BCUT2D eigenvalue weighted by Crippen LogP contribution is -2.21. The van der Waals surface area contributed by atoms with Crippen LogP contribution in [0.3, 0.4) is 0 Å². The molecular weight excluding hydrogens is 495 g/mol. The largest absolute Gasteiger partial charge is 0.482 e. The highest BCUT2D eigenvalue weighted by Crippen LogP contribution is 2.27. The Kier molecular flexibility index (Phi) is 8.40. The van der Waals surface area contributed by atoms with E-state index < -0.39 is 16.7 Å². The molecule has 3 aromatic rings. The number of rotatable bonds is 8. The number of amides is 2. The molecule has 2 amide bonds. The van der Waals surface area contributed by atoms with Crippen LogP contribution < -0.4 is 15.5 Å². The van der Waals surface area contributed by atoms with Gasteiger partial charge in [-0.25, -0.2) is 5.43 Å². The van der Waals surface area contributed by atoms with E-state index in [0.717, 1.165) is 0 Å². The average Bonchev–Trinajstić information content (AvgIpc) is 2.81. The number of nitro groups is 1. The molecule has 35 heavy (non-hydrogen) atoms. The van der Waals surface area contributed by atoms with Crippen molar-refractivity contribution < 1.29 is 19.2 Å². The van der Waals surface area contributed by atoms with Crippen LogP contribution in [0.25, 0.3) is 0 Å². The Balaban J connectivity index is 1.61. The maximum Gasteiger partial charge on any atom is 0.272 e. The summed E-state index contributed by atoms with van der Waals surface area (Å²) in [5.74, 6) is -0.573. The van der Waals surface area contributed by atoms with Crippen molar-refractivity contribution in [3.8, 4) is 5.75 Å². The molecule has 0 bridgehead atoms. The number of benzene rings is 3. The summed E-state index contributed by atoms with van der Waals surface area (Å²) in [7, 11) is 0. The van der Waals surface area contributed by atoms with Crippen LogP contribution in [0.15, 0.2) is 65.8 Å². The van der Waals surface area contributed by atoms with E-state index in [1.807, 2.05) is 0 Å². The van der Waals surface area contributed by atoms with Gasteiger partial charge in [0.1, 0.15) is 5.75 Å². The average molecular weight is 515 g/mol. The summed E-state index contributed by atoms with van der Waals surface area (Å²) in [5, 5.41) is 18.5. The van der Waals surface area contributed by atoms with Crippen LogP contribution in [-0.2, 0) is 4.79 Å². The predicted molar refractivity (Wildman–Crippen MR) is 135 cm³/mol. The highest BCUT2D eigenvalue weighted by Gasteiger charge is 2.14. The molecule has 0 aliphatic heterocycles. The first kappa shape index (κ1) is 25.7. The van der Waals surface area contributed by atoms with Crippen LogP contribution in [0.4, 0.5) is 11.4 Å². The van der Waals surface area contributed by atoms with Crippen molar-refractivity contribution in [2.45, 2.75) is 13.8 Å². The Morgan fingerprint density at radius 3 is 2.51 bits per heavy atom. The molecule has 0 aliphatic rings. The van der Waals surface area contributed by atoms with Gasteiger partial charge in [-0.3, -0.25) is 19.7 Å². The van der Waals surface area contributed by atoms with Gasteiger partial charge in [0.2, 0.25) is 0 Å². The molecule has 3 aromatic carbocycles. The number of ether oxygens (including phenoxy) is 1. The first-order valence-electron chi connectivity index (χ1n) is 10.2. The van der Waals surface area contributed by atoms with E-state index in [-0.39, 0.29) is 17.9 Å². The number of nitrogens with zero attached hydrogens (tertiary/aromatic N) is 2. The van der Waals surface area contributed by atoms with Crippen molar-refractivity contribution >= 4 is 52.1 Å². The summed E-state index contributed by atoms with van der Waals surface area (Å²) in [4.78, 5) is 35.1. The highest BCUT2D eigenvalue weighted by molar-refractivity contribution is 6.35. The number of hydrazone groups is 1. The number of nitrogens with one attached hydrogen (secondary N) is 2. The number of anilines is 1. The molecule has 2 N–H and O–H groups in total. The zero-order valence-corrected chi connectivity index (χ0v) is 20.2. The van der Waals surface area contributed by atoms with Crippen molar-refractivity contribution in [3.63, 3.8) is 0 Å². The quantitative estimate of drug-likeness (QED) is 0.237. The summed E-state index contributed by atoms with van der Waals surface area (Å²) in [6.07, 6.45) is 0. The van der Waals surface area contributed by atoms with Gasteiger partial charge in [-0.1, -0.05) is 35.3 Å². The molecule has 0 unspecified atom stereocenters. The number of nitro benzene ring substituents is 1. The Morgan fingerprint density at radius 2 is 1.83 bits per heavy atom. The van der Waals surface area contributed by atoms with E-state index in [2.05, 4.69) is 15.8 Å². The first-order chi connectivity index (χ1) is 16.6. The van der Waals surface area contributed by atoms with Gasteiger partial charge in [-0.15, -0.1) is 0 Å². The maximum atomic E-state index is 12.4. The zero-order chi connectivity index (χ0) is 25.5. The van der Waals surface area contributed by atoms with Gasteiger partial charge in [0.05, 0.1) is 15.7 Å². The standard InChI is InChI=1S/C24H20Cl2N4O5/c1-14-10-17(6-8-21(14)30(33)34)24(32)29-28-15(2)16-4-3-5-19(11-16)27-23(31)13-35-22-9-7-18(25)12-20(22)26/h3-12H,13H2,1-2H3,(H,27,31)(H,29,32)/b28-15-. The van der Waals surface area contributed by atoms with Crippen LogP contribution in [0.5, 0.6) is 5.75 Å². The van der Waals surface area contributed by atoms with Gasteiger partial charge in [-0.05, 0) is 61.9 Å². The van der Waals surface area contributed by atoms with Crippen LogP contribution in [0.2, 0.25) is 10.0 Å². The summed E-state index contributed by atoms with van der Waals surface area (Å²) in [5.41, 5.74) is 4.62. The number of carbonyl (C=O) groups is 2. The minimum absolute atomic E-state index is 0.0678. The Bertz CT molecular complexity index is 1330. The molecule has 0 radical (unpaired) electrons. The maximum absolute atomic E-state index is 12.4. The highest BCUT2D eigenvalue weighted by atomic mass is 35.5. The zero-order valence-electron chi connectivity index (χ0n) is 18.7. The SMILES string of the molecule is C/C(=N/NC(=O)c1ccc([N+](=O)[O-])c(C)c1)c1cccc(NC(=O)COc2ccc(Cl)cc2Cl)c1. The fourth-order valence-corrected chi connectivity index (χ4v) is 3.48. The second-order valence-electron chi connectivity index (χ2n) is 7.39. The first-order valence-corrected chi connectivity index (χ1v) is 11.0. The number of aryl methyl sites for hydroxylation is 1. The number of hydrogen-bond acceptors (Lipinski definition) is 6. The Labute approximate surface area is 210 Å². The molecule has 0 aromatic heterocycles. The molecule has 0 saturated heterocycles. The van der Waals surface area contributed by atoms with Gasteiger partial charge < -0.3 is 10.1 Å². The van der Waals surface area contributed by atoms with Gasteiger partial charge in [-0.2, -0.15) is 5.10 Å². The summed E-state index contributed by atoms with van der Waals surface area (Å²) in [6.45, 7) is 2.98. The smallest absolute Gasteiger partial charge is 0.272 e. The third-order valence-corrected chi connectivity index (χ3v) is 5.33. The van der Waals surface area contributed by atoms with Crippen molar-refractivity contribution in [1.82, 2.24) is 5.43 Å². The van der Waals surface area contributed by atoms with Crippen molar-refractivity contribution in [1.29, 1.82) is 0 Å². The fourth-order valence-electron chi connectivity index (χ4n) is 3.02. The molecule has 11 heteroatoms. The second-order valence-corrected chi connectivity index (χ2v) is 8.23. The van der Waals surface area contributed by atoms with Gasteiger partial charge in [0.25, 0.3) is 17.5 Å². The molecule has 9 nitrogen and oxygen atoms in total. The fraction of sp³-hybridized carbons (Fsp3) is 0.125. The molecule has 180 valence electrons. The topological polar surface area (TPSA) is 123 Å². The van der Waals surface area contributed by atoms with Gasteiger partial charge in [0.15, 0.2) is 6.61 Å². The number of halogens is 2. The molecule has 0 heterocycles. The van der Waals surface area contributed by atoms with Crippen LogP contribution in [0, 0.1) is 17.0 Å². The third-order valence-electron chi connectivity index (χ3n) is 4.80.